The number of thiazole rings is 1. The molecule has 0 aliphatic rings. The van der Waals surface area contributed by atoms with Crippen molar-refractivity contribution in [3.05, 3.63) is 64.1 Å². The SMILES string of the molecule is Cn1nccc1C(=O)Nc1sc(Cc2cccc(C(F)(F)F)c2)nc1C=O. The van der Waals surface area contributed by atoms with E-state index in [0.29, 0.717) is 22.6 Å². The van der Waals surface area contributed by atoms with Gasteiger partial charge in [-0.05, 0) is 17.7 Å². The second kappa shape index (κ2) is 7.31. The molecule has 0 saturated heterocycles. The quantitative estimate of drug-likeness (QED) is 0.672. The van der Waals surface area contributed by atoms with Crippen LogP contribution >= 0.6 is 11.3 Å². The number of anilines is 1. The minimum absolute atomic E-state index is 0.0255. The predicted molar refractivity (Wildman–Crippen MR) is 92.9 cm³/mol. The van der Waals surface area contributed by atoms with Gasteiger partial charge in [0.25, 0.3) is 5.91 Å². The Labute approximate surface area is 155 Å². The summed E-state index contributed by atoms with van der Waals surface area (Å²) in [6.07, 6.45) is -2.38. The maximum absolute atomic E-state index is 12.8. The van der Waals surface area contributed by atoms with Crippen LogP contribution in [0.5, 0.6) is 0 Å². The summed E-state index contributed by atoms with van der Waals surface area (Å²) in [6.45, 7) is 0. The Hall–Kier alpha value is -3.01. The van der Waals surface area contributed by atoms with Gasteiger partial charge in [-0.3, -0.25) is 14.3 Å². The highest BCUT2D eigenvalue weighted by atomic mass is 32.1. The average molecular weight is 394 g/mol. The number of nitrogens with zero attached hydrogens (tertiary/aromatic N) is 3. The maximum atomic E-state index is 12.8. The molecule has 2 aromatic heterocycles. The largest absolute Gasteiger partial charge is 0.416 e. The highest BCUT2D eigenvalue weighted by Crippen LogP contribution is 2.31. The molecule has 0 bridgehead atoms. The lowest BCUT2D eigenvalue weighted by Crippen LogP contribution is -2.16. The van der Waals surface area contributed by atoms with Crippen molar-refractivity contribution in [1.29, 1.82) is 0 Å². The molecule has 0 fully saturated rings. The second-order valence-corrected chi connectivity index (χ2v) is 6.69. The summed E-state index contributed by atoms with van der Waals surface area (Å²) in [5.74, 6) is -0.465. The molecule has 0 atom stereocenters. The molecule has 1 aromatic carbocycles. The molecular weight excluding hydrogens is 381 g/mol. The van der Waals surface area contributed by atoms with E-state index in [1.807, 2.05) is 0 Å². The van der Waals surface area contributed by atoms with Gasteiger partial charge in [0.2, 0.25) is 0 Å². The normalized spacial score (nSPS) is 11.4. The number of rotatable bonds is 5. The van der Waals surface area contributed by atoms with Crippen molar-refractivity contribution >= 4 is 28.5 Å². The van der Waals surface area contributed by atoms with E-state index in [-0.39, 0.29) is 17.1 Å². The van der Waals surface area contributed by atoms with Crippen molar-refractivity contribution in [3.8, 4) is 0 Å². The van der Waals surface area contributed by atoms with Crippen LogP contribution in [-0.4, -0.2) is 27.0 Å². The zero-order valence-corrected chi connectivity index (χ0v) is 14.8. The maximum Gasteiger partial charge on any atom is 0.416 e. The Balaban J connectivity index is 1.82. The molecule has 0 unspecified atom stereocenters. The van der Waals surface area contributed by atoms with Crippen LogP contribution in [0.3, 0.4) is 0 Å². The highest BCUT2D eigenvalue weighted by Gasteiger charge is 2.30. The van der Waals surface area contributed by atoms with Crippen LogP contribution in [0.4, 0.5) is 18.2 Å². The van der Waals surface area contributed by atoms with E-state index in [1.165, 1.54) is 23.0 Å². The third kappa shape index (κ3) is 4.22. The number of hydrogen-bond donors (Lipinski definition) is 1. The molecule has 1 amide bonds. The van der Waals surface area contributed by atoms with Crippen LogP contribution < -0.4 is 5.32 Å². The fourth-order valence-electron chi connectivity index (χ4n) is 2.42. The van der Waals surface area contributed by atoms with Gasteiger partial charge in [0.1, 0.15) is 16.4 Å². The van der Waals surface area contributed by atoms with E-state index in [4.69, 9.17) is 0 Å². The van der Waals surface area contributed by atoms with Crippen molar-refractivity contribution in [2.45, 2.75) is 12.6 Å². The topological polar surface area (TPSA) is 76.9 Å². The Kier molecular flexibility index (Phi) is 5.08. The van der Waals surface area contributed by atoms with E-state index < -0.39 is 17.6 Å². The van der Waals surface area contributed by atoms with Gasteiger partial charge < -0.3 is 5.32 Å². The smallest absolute Gasteiger partial charge is 0.310 e. The molecule has 140 valence electrons. The minimum Gasteiger partial charge on any atom is -0.310 e. The molecule has 6 nitrogen and oxygen atoms in total. The number of carbonyl (C=O) groups excluding carboxylic acids is 2. The molecule has 1 N–H and O–H groups in total. The Bertz CT molecular complexity index is 994. The van der Waals surface area contributed by atoms with Gasteiger partial charge in [-0.2, -0.15) is 18.3 Å². The highest BCUT2D eigenvalue weighted by molar-refractivity contribution is 7.16. The summed E-state index contributed by atoms with van der Waals surface area (Å²) in [6, 6.07) is 6.40. The summed E-state index contributed by atoms with van der Waals surface area (Å²) >= 11 is 1.04. The van der Waals surface area contributed by atoms with Crippen molar-refractivity contribution in [2.24, 2.45) is 7.05 Å². The molecule has 0 aliphatic heterocycles. The fraction of sp³-hybridized carbons (Fsp3) is 0.176. The van der Waals surface area contributed by atoms with Crippen LogP contribution in [0.25, 0.3) is 0 Å². The van der Waals surface area contributed by atoms with Gasteiger partial charge in [-0.1, -0.05) is 18.2 Å². The Morgan fingerprint density at radius 1 is 1.33 bits per heavy atom. The molecule has 10 heteroatoms. The van der Waals surface area contributed by atoms with Crippen molar-refractivity contribution in [1.82, 2.24) is 14.8 Å². The van der Waals surface area contributed by atoms with Gasteiger partial charge in [0.05, 0.1) is 10.6 Å². The first-order chi connectivity index (χ1) is 12.8. The number of amides is 1. The lowest BCUT2D eigenvalue weighted by Gasteiger charge is -2.07. The molecule has 0 radical (unpaired) electrons. The summed E-state index contributed by atoms with van der Waals surface area (Å²) in [7, 11) is 1.60. The van der Waals surface area contributed by atoms with Gasteiger partial charge >= 0.3 is 6.18 Å². The van der Waals surface area contributed by atoms with E-state index in [0.717, 1.165) is 23.5 Å². The van der Waals surface area contributed by atoms with Crippen LogP contribution in [0.15, 0.2) is 36.5 Å². The summed E-state index contributed by atoms with van der Waals surface area (Å²) in [4.78, 5) is 27.6. The fourth-order valence-corrected chi connectivity index (χ4v) is 3.38. The third-order valence-corrected chi connectivity index (χ3v) is 4.69. The standard InChI is InChI=1S/C17H13F3N4O2S/c1-24-13(5-6-21-24)15(26)23-16-12(9-25)22-14(27-16)8-10-3-2-4-11(7-10)17(18,19)20/h2-7,9H,8H2,1H3,(H,23,26). The summed E-state index contributed by atoms with van der Waals surface area (Å²) in [5.41, 5.74) is -0.0328. The van der Waals surface area contributed by atoms with Crippen LogP contribution in [0.2, 0.25) is 0 Å². The first-order valence-corrected chi connectivity index (χ1v) is 8.50. The molecule has 3 rings (SSSR count). The number of benzene rings is 1. The average Bonchev–Trinajstić information content (AvgIpc) is 3.20. The van der Waals surface area contributed by atoms with E-state index in [9.17, 15) is 22.8 Å². The Morgan fingerprint density at radius 3 is 2.74 bits per heavy atom. The first-order valence-electron chi connectivity index (χ1n) is 7.68. The van der Waals surface area contributed by atoms with Gasteiger partial charge in [0.15, 0.2) is 6.29 Å². The second-order valence-electron chi connectivity index (χ2n) is 5.61. The van der Waals surface area contributed by atoms with Crippen LogP contribution in [-0.2, 0) is 19.6 Å². The number of hydrogen-bond acceptors (Lipinski definition) is 5. The minimum atomic E-state index is -4.44. The van der Waals surface area contributed by atoms with Crippen molar-refractivity contribution in [2.75, 3.05) is 5.32 Å². The number of aryl methyl sites for hydroxylation is 1. The number of aromatic nitrogens is 3. The zero-order chi connectivity index (χ0) is 19.6. The van der Waals surface area contributed by atoms with E-state index >= 15 is 0 Å². The first kappa shape index (κ1) is 18.8. The predicted octanol–water partition coefficient (Wildman–Crippen LogP) is 3.55. The molecular formula is C17H13F3N4O2S. The Morgan fingerprint density at radius 2 is 2.11 bits per heavy atom. The number of aldehydes is 1. The number of halogens is 3. The van der Waals surface area contributed by atoms with Gasteiger partial charge in [-0.15, -0.1) is 11.3 Å². The van der Waals surface area contributed by atoms with E-state index in [2.05, 4.69) is 15.4 Å². The molecule has 0 saturated carbocycles. The summed E-state index contributed by atoms with van der Waals surface area (Å²) < 4.78 is 39.9. The zero-order valence-electron chi connectivity index (χ0n) is 13.9. The third-order valence-electron chi connectivity index (χ3n) is 3.70. The lowest BCUT2D eigenvalue weighted by molar-refractivity contribution is -0.137. The van der Waals surface area contributed by atoms with Gasteiger partial charge in [-0.25, -0.2) is 4.98 Å². The van der Waals surface area contributed by atoms with Crippen molar-refractivity contribution in [3.63, 3.8) is 0 Å². The van der Waals surface area contributed by atoms with Crippen molar-refractivity contribution < 1.29 is 22.8 Å². The number of alkyl halides is 3. The number of carbonyl (C=O) groups is 2. The van der Waals surface area contributed by atoms with Crippen LogP contribution in [0, 0.1) is 0 Å². The monoisotopic (exact) mass is 394 g/mol. The molecule has 27 heavy (non-hydrogen) atoms. The number of nitrogens with one attached hydrogen (secondary N) is 1. The summed E-state index contributed by atoms with van der Waals surface area (Å²) in [5, 5.41) is 7.13. The lowest BCUT2D eigenvalue weighted by atomic mass is 10.1. The molecule has 3 aromatic rings. The van der Waals surface area contributed by atoms with Crippen LogP contribution in [0.1, 0.15) is 37.1 Å². The molecule has 0 aliphatic carbocycles. The molecule has 2 heterocycles. The van der Waals surface area contributed by atoms with E-state index in [1.54, 1.807) is 13.1 Å². The van der Waals surface area contributed by atoms with Gasteiger partial charge in [0, 0.05) is 19.7 Å². The molecule has 0 spiro atoms.